The van der Waals surface area contributed by atoms with Crippen molar-refractivity contribution in [2.75, 3.05) is 6.54 Å². The van der Waals surface area contributed by atoms with Gasteiger partial charge in [0.25, 0.3) is 0 Å². The summed E-state index contributed by atoms with van der Waals surface area (Å²) in [6, 6.07) is 0. The molecule has 5 nitrogen and oxygen atoms in total. The third kappa shape index (κ3) is 2.62. The van der Waals surface area contributed by atoms with E-state index in [2.05, 4.69) is 18.2 Å². The Balaban J connectivity index is 1.34. The first-order valence-electron chi connectivity index (χ1n) is 10.5. The van der Waals surface area contributed by atoms with Gasteiger partial charge in [0.2, 0.25) is 5.91 Å². The molecule has 3 atom stereocenters. The molecular formula is C22H28N2O3. The van der Waals surface area contributed by atoms with Crippen molar-refractivity contribution < 1.29 is 15.0 Å². The van der Waals surface area contributed by atoms with Crippen LogP contribution in [0.5, 0.6) is 11.8 Å². The van der Waals surface area contributed by atoms with Crippen LogP contribution in [0, 0.1) is 5.92 Å². The Labute approximate surface area is 160 Å². The van der Waals surface area contributed by atoms with Gasteiger partial charge in [0.15, 0.2) is 11.8 Å². The second kappa shape index (κ2) is 6.47. The van der Waals surface area contributed by atoms with Gasteiger partial charge in [-0.2, -0.15) is 0 Å². The number of carbonyl (C=O) groups is 1. The van der Waals surface area contributed by atoms with E-state index in [1.54, 1.807) is 4.57 Å². The van der Waals surface area contributed by atoms with Crippen molar-refractivity contribution >= 4 is 5.91 Å². The van der Waals surface area contributed by atoms with E-state index in [0.717, 1.165) is 43.4 Å². The van der Waals surface area contributed by atoms with Gasteiger partial charge in [-0.3, -0.25) is 9.36 Å². The standard InChI is InChI=1S/C22H28N2O3/c25-18(23-12-3-5-14-4-1-2-6-17(14)23)11-13-24-21(26)19-15-7-8-16(10-9-15)20(19)22(24)27/h6-8,14-16,26-27H,1-5,9-13H2. The molecule has 5 heteroatoms. The molecule has 1 fully saturated rings. The van der Waals surface area contributed by atoms with Crippen molar-refractivity contribution in [3.8, 4) is 11.8 Å². The molecule has 1 saturated heterocycles. The first-order chi connectivity index (χ1) is 13.1. The van der Waals surface area contributed by atoms with Crippen LogP contribution in [-0.4, -0.2) is 32.1 Å². The summed E-state index contributed by atoms with van der Waals surface area (Å²) in [6.07, 6.45) is 14.6. The molecule has 5 aliphatic rings. The quantitative estimate of drug-likeness (QED) is 0.789. The maximum atomic E-state index is 12.9. The van der Waals surface area contributed by atoms with Crippen molar-refractivity contribution in [2.45, 2.75) is 69.7 Å². The van der Waals surface area contributed by atoms with E-state index < -0.39 is 0 Å². The number of piperidine rings is 1. The fraction of sp³-hybridized carbons (Fsp3) is 0.591. The summed E-state index contributed by atoms with van der Waals surface area (Å²) in [5, 5.41) is 21.4. The topological polar surface area (TPSA) is 65.7 Å². The van der Waals surface area contributed by atoms with Crippen LogP contribution in [-0.2, 0) is 11.3 Å². The summed E-state index contributed by atoms with van der Waals surface area (Å²) in [5.74, 6) is 1.36. The Kier molecular flexibility index (Phi) is 4.06. The molecule has 144 valence electrons. The number of nitrogens with zero attached hydrogens (tertiary/aromatic N) is 2. The van der Waals surface area contributed by atoms with Gasteiger partial charge in [-0.25, -0.2) is 0 Å². The average Bonchev–Trinajstić information content (AvgIpc) is 2.99. The summed E-state index contributed by atoms with van der Waals surface area (Å²) in [4.78, 5) is 14.9. The Hall–Kier alpha value is -2.17. The van der Waals surface area contributed by atoms with Gasteiger partial charge in [-0.1, -0.05) is 18.2 Å². The van der Waals surface area contributed by atoms with Crippen molar-refractivity contribution in [3.05, 3.63) is 35.1 Å². The van der Waals surface area contributed by atoms with E-state index in [1.807, 2.05) is 4.90 Å². The van der Waals surface area contributed by atoms with Gasteiger partial charge in [-0.15, -0.1) is 0 Å². The molecule has 1 aromatic heterocycles. The van der Waals surface area contributed by atoms with E-state index in [0.29, 0.717) is 18.9 Å². The molecule has 0 spiro atoms. The third-order valence-electron chi connectivity index (χ3n) is 7.01. The third-order valence-corrected chi connectivity index (χ3v) is 7.01. The predicted molar refractivity (Wildman–Crippen MR) is 103 cm³/mol. The molecule has 0 radical (unpaired) electrons. The molecule has 1 aromatic rings. The minimum absolute atomic E-state index is 0.111. The van der Waals surface area contributed by atoms with Crippen LogP contribution in [0.4, 0.5) is 0 Å². The summed E-state index contributed by atoms with van der Waals surface area (Å²) >= 11 is 0. The van der Waals surface area contributed by atoms with Gasteiger partial charge < -0.3 is 15.1 Å². The molecule has 27 heavy (non-hydrogen) atoms. The minimum Gasteiger partial charge on any atom is -0.494 e. The number of carbonyl (C=O) groups excluding carboxylic acids is 1. The monoisotopic (exact) mass is 368 g/mol. The molecule has 2 bridgehead atoms. The highest BCUT2D eigenvalue weighted by Gasteiger charge is 2.38. The van der Waals surface area contributed by atoms with Crippen molar-refractivity contribution in [2.24, 2.45) is 5.92 Å². The molecule has 2 heterocycles. The lowest BCUT2D eigenvalue weighted by molar-refractivity contribution is -0.130. The summed E-state index contributed by atoms with van der Waals surface area (Å²) in [6.45, 7) is 1.13. The maximum absolute atomic E-state index is 12.9. The zero-order valence-corrected chi connectivity index (χ0v) is 15.7. The van der Waals surface area contributed by atoms with Gasteiger partial charge >= 0.3 is 0 Å². The van der Waals surface area contributed by atoms with Crippen LogP contribution >= 0.6 is 0 Å². The second-order valence-corrected chi connectivity index (χ2v) is 8.50. The molecule has 0 aromatic carbocycles. The summed E-state index contributed by atoms with van der Waals surface area (Å²) in [7, 11) is 0. The Morgan fingerprint density at radius 3 is 2.33 bits per heavy atom. The van der Waals surface area contributed by atoms with E-state index >= 15 is 0 Å². The molecule has 0 saturated carbocycles. The van der Waals surface area contributed by atoms with Crippen LogP contribution in [0.2, 0.25) is 0 Å². The number of allylic oxidation sites excluding steroid dienone is 4. The van der Waals surface area contributed by atoms with Gasteiger partial charge in [0.1, 0.15) is 0 Å². The smallest absolute Gasteiger partial charge is 0.228 e. The lowest BCUT2D eigenvalue weighted by Gasteiger charge is -2.38. The normalized spacial score (nSPS) is 28.7. The lowest BCUT2D eigenvalue weighted by atomic mass is 9.73. The largest absolute Gasteiger partial charge is 0.494 e. The average molecular weight is 368 g/mol. The second-order valence-electron chi connectivity index (χ2n) is 8.50. The predicted octanol–water partition coefficient (Wildman–Crippen LogP) is 4.13. The molecule has 1 aliphatic heterocycles. The summed E-state index contributed by atoms with van der Waals surface area (Å²) < 4.78 is 1.55. The van der Waals surface area contributed by atoms with Crippen molar-refractivity contribution in [1.29, 1.82) is 0 Å². The highest BCUT2D eigenvalue weighted by Crippen LogP contribution is 2.53. The van der Waals surface area contributed by atoms with Crippen molar-refractivity contribution in [1.82, 2.24) is 9.47 Å². The Morgan fingerprint density at radius 2 is 1.67 bits per heavy atom. The molecular weight excluding hydrogens is 340 g/mol. The van der Waals surface area contributed by atoms with Crippen LogP contribution in [0.25, 0.3) is 0 Å². The Morgan fingerprint density at radius 1 is 1.00 bits per heavy atom. The lowest BCUT2D eigenvalue weighted by Crippen LogP contribution is -2.39. The van der Waals surface area contributed by atoms with Gasteiger partial charge in [0, 0.05) is 48.2 Å². The van der Waals surface area contributed by atoms with Crippen LogP contribution < -0.4 is 0 Å². The number of hydrogen-bond acceptors (Lipinski definition) is 3. The number of rotatable bonds is 3. The number of aromatic hydroxyl groups is 2. The molecule has 2 N–H and O–H groups in total. The van der Waals surface area contributed by atoms with E-state index in [-0.39, 0.29) is 29.5 Å². The van der Waals surface area contributed by atoms with Crippen molar-refractivity contribution in [3.63, 3.8) is 0 Å². The number of fused-ring (bicyclic) bond motifs is 2. The Bertz CT molecular complexity index is 798. The number of hydrogen-bond donors (Lipinski definition) is 2. The SMILES string of the molecule is O=C(CCn1c(O)c2c(c1O)C1C=CC2CC1)N1CCCC2CCCC=C21. The number of aromatic nitrogens is 1. The zero-order valence-electron chi connectivity index (χ0n) is 15.7. The molecule has 3 unspecified atom stereocenters. The fourth-order valence-corrected chi connectivity index (χ4v) is 5.66. The fourth-order valence-electron chi connectivity index (χ4n) is 5.66. The van der Waals surface area contributed by atoms with E-state index in [9.17, 15) is 15.0 Å². The van der Waals surface area contributed by atoms with Gasteiger partial charge in [-0.05, 0) is 50.9 Å². The zero-order chi connectivity index (χ0) is 18.5. The first-order valence-corrected chi connectivity index (χ1v) is 10.5. The van der Waals surface area contributed by atoms with Crippen LogP contribution in [0.15, 0.2) is 23.9 Å². The van der Waals surface area contributed by atoms with Crippen LogP contribution in [0.3, 0.4) is 0 Å². The maximum Gasteiger partial charge on any atom is 0.228 e. The van der Waals surface area contributed by atoms with E-state index in [1.165, 1.54) is 25.0 Å². The van der Waals surface area contributed by atoms with Crippen LogP contribution in [0.1, 0.15) is 74.3 Å². The molecule has 1 amide bonds. The van der Waals surface area contributed by atoms with E-state index in [4.69, 9.17) is 0 Å². The number of amides is 1. The number of likely N-dealkylation sites (tertiary alicyclic amines) is 1. The minimum atomic E-state index is 0.111. The highest BCUT2D eigenvalue weighted by atomic mass is 16.3. The van der Waals surface area contributed by atoms with Gasteiger partial charge in [0.05, 0.1) is 0 Å². The highest BCUT2D eigenvalue weighted by molar-refractivity contribution is 5.78. The molecule has 4 aliphatic carbocycles. The summed E-state index contributed by atoms with van der Waals surface area (Å²) in [5.41, 5.74) is 2.98. The first kappa shape index (κ1) is 17.0. The molecule has 6 rings (SSSR count).